The van der Waals surface area contributed by atoms with Gasteiger partial charge in [-0.15, -0.1) is 11.3 Å². The Hall–Kier alpha value is -0.420. The second-order valence-electron chi connectivity index (χ2n) is 5.10. The Labute approximate surface area is 120 Å². The Kier molecular flexibility index (Phi) is 5.82. The van der Waals surface area contributed by atoms with Crippen molar-refractivity contribution in [3.8, 4) is 0 Å². The highest BCUT2D eigenvalue weighted by atomic mass is 32.1. The van der Waals surface area contributed by atoms with Gasteiger partial charge in [-0.3, -0.25) is 4.90 Å². The lowest BCUT2D eigenvalue weighted by atomic mass is 10.0. The van der Waals surface area contributed by atoms with Crippen LogP contribution in [0.1, 0.15) is 42.5 Å². The first-order valence-corrected chi connectivity index (χ1v) is 8.24. The second kappa shape index (κ2) is 7.39. The van der Waals surface area contributed by atoms with E-state index in [9.17, 15) is 0 Å². The third-order valence-electron chi connectivity index (χ3n) is 3.90. The third-order valence-corrected chi connectivity index (χ3v) is 5.23. The summed E-state index contributed by atoms with van der Waals surface area (Å²) in [4.78, 5) is 5.41. The van der Waals surface area contributed by atoms with Crippen molar-refractivity contribution >= 4 is 11.3 Å². The molecule has 1 saturated heterocycles. The maximum atomic E-state index is 6.01. The Balaban J connectivity index is 1.95. The number of thiophene rings is 1. The van der Waals surface area contributed by atoms with Crippen LogP contribution in [0.25, 0.3) is 0 Å². The molecular weight excluding hydrogens is 256 g/mol. The molecule has 0 radical (unpaired) electrons. The summed E-state index contributed by atoms with van der Waals surface area (Å²) in [5.41, 5.74) is 6.01. The van der Waals surface area contributed by atoms with Crippen LogP contribution >= 0.6 is 11.3 Å². The maximum absolute atomic E-state index is 6.01. The molecule has 108 valence electrons. The number of nitrogens with two attached hydrogens (primary N) is 1. The highest BCUT2D eigenvalue weighted by Crippen LogP contribution is 2.30. The van der Waals surface area contributed by atoms with Crippen molar-refractivity contribution in [2.45, 2.75) is 45.3 Å². The molecule has 0 aromatic carbocycles. The van der Waals surface area contributed by atoms with E-state index in [2.05, 4.69) is 30.9 Å². The van der Waals surface area contributed by atoms with Crippen LogP contribution in [0.5, 0.6) is 0 Å². The fourth-order valence-electron chi connectivity index (χ4n) is 2.80. The second-order valence-corrected chi connectivity index (χ2v) is 6.30. The van der Waals surface area contributed by atoms with Gasteiger partial charge in [0.25, 0.3) is 0 Å². The minimum Gasteiger partial charge on any atom is -0.378 e. The minimum absolute atomic E-state index is 0.396. The molecule has 4 heteroatoms. The first-order valence-electron chi connectivity index (χ1n) is 7.42. The predicted molar refractivity (Wildman–Crippen MR) is 81.7 cm³/mol. The summed E-state index contributed by atoms with van der Waals surface area (Å²) in [6.07, 6.45) is 3.84. The van der Waals surface area contributed by atoms with Crippen LogP contribution in [0, 0.1) is 0 Å². The van der Waals surface area contributed by atoms with Crippen LogP contribution in [0.3, 0.4) is 0 Å². The van der Waals surface area contributed by atoms with Crippen molar-refractivity contribution < 1.29 is 4.74 Å². The number of piperidine rings is 1. The van der Waals surface area contributed by atoms with E-state index in [1.165, 1.54) is 9.75 Å². The zero-order valence-electron chi connectivity index (χ0n) is 12.1. The molecule has 2 rings (SSSR count). The van der Waals surface area contributed by atoms with E-state index in [4.69, 9.17) is 10.5 Å². The van der Waals surface area contributed by atoms with Gasteiger partial charge in [0.2, 0.25) is 0 Å². The molecule has 0 aliphatic carbocycles. The van der Waals surface area contributed by atoms with Crippen LogP contribution in [0.15, 0.2) is 12.1 Å². The fourth-order valence-corrected chi connectivity index (χ4v) is 3.90. The molecule has 0 bridgehead atoms. The first-order chi connectivity index (χ1) is 9.28. The van der Waals surface area contributed by atoms with Crippen LogP contribution < -0.4 is 5.73 Å². The summed E-state index contributed by atoms with van der Waals surface area (Å²) in [6, 6.07) is 4.90. The van der Waals surface area contributed by atoms with E-state index >= 15 is 0 Å². The standard InChI is InChI=1S/C15H26N2OS/c1-3-13-5-6-15(19-13)14(11-16)17-9-7-12(8-10-17)18-4-2/h5-6,12,14H,3-4,7-11,16H2,1-2H3. The number of ether oxygens (including phenoxy) is 1. The molecule has 2 N–H and O–H groups in total. The quantitative estimate of drug-likeness (QED) is 0.872. The van der Waals surface area contributed by atoms with Gasteiger partial charge in [0.1, 0.15) is 0 Å². The zero-order valence-corrected chi connectivity index (χ0v) is 12.9. The van der Waals surface area contributed by atoms with E-state index in [0.717, 1.165) is 39.0 Å². The lowest BCUT2D eigenvalue weighted by Crippen LogP contribution is -2.41. The molecule has 1 aromatic heterocycles. The van der Waals surface area contributed by atoms with E-state index in [0.29, 0.717) is 18.7 Å². The molecule has 1 aliphatic rings. The Bertz CT molecular complexity index is 372. The first kappa shape index (κ1) is 15.0. The lowest BCUT2D eigenvalue weighted by Gasteiger charge is -2.36. The Morgan fingerprint density at radius 3 is 2.63 bits per heavy atom. The predicted octanol–water partition coefficient (Wildman–Crippen LogP) is 2.81. The average Bonchev–Trinajstić information content (AvgIpc) is 2.91. The Morgan fingerprint density at radius 2 is 2.11 bits per heavy atom. The topological polar surface area (TPSA) is 38.5 Å². The van der Waals surface area contributed by atoms with Crippen LogP contribution in [0.4, 0.5) is 0 Å². The molecule has 2 heterocycles. The summed E-state index contributed by atoms with van der Waals surface area (Å²) in [5, 5.41) is 0. The highest BCUT2D eigenvalue weighted by Gasteiger charge is 2.26. The summed E-state index contributed by atoms with van der Waals surface area (Å²) in [6.45, 7) is 8.03. The van der Waals surface area contributed by atoms with Crippen molar-refractivity contribution in [1.82, 2.24) is 4.90 Å². The van der Waals surface area contributed by atoms with Crippen molar-refractivity contribution in [2.75, 3.05) is 26.2 Å². The number of hydrogen-bond acceptors (Lipinski definition) is 4. The van der Waals surface area contributed by atoms with E-state index < -0.39 is 0 Å². The molecule has 1 atom stereocenters. The summed E-state index contributed by atoms with van der Waals surface area (Å²) >= 11 is 1.92. The van der Waals surface area contributed by atoms with E-state index in [-0.39, 0.29) is 0 Å². The molecule has 19 heavy (non-hydrogen) atoms. The van der Waals surface area contributed by atoms with Gasteiger partial charge >= 0.3 is 0 Å². The zero-order chi connectivity index (χ0) is 13.7. The smallest absolute Gasteiger partial charge is 0.0599 e. The minimum atomic E-state index is 0.396. The van der Waals surface area contributed by atoms with Crippen molar-refractivity contribution in [3.05, 3.63) is 21.9 Å². The highest BCUT2D eigenvalue weighted by molar-refractivity contribution is 7.12. The average molecular weight is 282 g/mol. The normalized spacial score (nSPS) is 19.7. The summed E-state index contributed by atoms with van der Waals surface area (Å²) in [7, 11) is 0. The molecule has 0 spiro atoms. The van der Waals surface area contributed by atoms with Gasteiger partial charge in [0.05, 0.1) is 12.1 Å². The van der Waals surface area contributed by atoms with Gasteiger partial charge in [-0.2, -0.15) is 0 Å². The number of rotatable bonds is 6. The number of likely N-dealkylation sites (tertiary alicyclic amines) is 1. The van der Waals surface area contributed by atoms with Crippen LogP contribution in [-0.4, -0.2) is 37.2 Å². The molecule has 1 fully saturated rings. The van der Waals surface area contributed by atoms with Crippen molar-refractivity contribution in [2.24, 2.45) is 5.73 Å². The maximum Gasteiger partial charge on any atom is 0.0599 e. The number of aryl methyl sites for hydroxylation is 1. The van der Waals surface area contributed by atoms with Gasteiger partial charge < -0.3 is 10.5 Å². The fraction of sp³-hybridized carbons (Fsp3) is 0.733. The molecule has 1 unspecified atom stereocenters. The number of nitrogens with zero attached hydrogens (tertiary/aromatic N) is 1. The van der Waals surface area contributed by atoms with Gasteiger partial charge in [0, 0.05) is 36.0 Å². The molecule has 0 amide bonds. The Morgan fingerprint density at radius 1 is 1.37 bits per heavy atom. The summed E-state index contributed by atoms with van der Waals surface area (Å²) < 4.78 is 5.72. The lowest BCUT2D eigenvalue weighted by molar-refractivity contribution is 0.00488. The molecular formula is C15H26N2OS. The van der Waals surface area contributed by atoms with Crippen molar-refractivity contribution in [1.29, 1.82) is 0 Å². The molecule has 3 nitrogen and oxygen atoms in total. The van der Waals surface area contributed by atoms with Crippen LogP contribution in [-0.2, 0) is 11.2 Å². The SMILES string of the molecule is CCOC1CCN(C(CN)c2ccc(CC)s2)CC1. The largest absolute Gasteiger partial charge is 0.378 e. The van der Waals surface area contributed by atoms with E-state index in [1.54, 1.807) is 0 Å². The number of hydrogen-bond donors (Lipinski definition) is 1. The van der Waals surface area contributed by atoms with Crippen LogP contribution in [0.2, 0.25) is 0 Å². The van der Waals surface area contributed by atoms with Gasteiger partial charge in [0.15, 0.2) is 0 Å². The summed E-state index contributed by atoms with van der Waals surface area (Å²) in [5.74, 6) is 0. The third kappa shape index (κ3) is 3.78. The monoisotopic (exact) mass is 282 g/mol. The van der Waals surface area contributed by atoms with Gasteiger partial charge in [-0.1, -0.05) is 6.92 Å². The van der Waals surface area contributed by atoms with Crippen molar-refractivity contribution in [3.63, 3.8) is 0 Å². The molecule has 0 saturated carbocycles. The van der Waals surface area contributed by atoms with Gasteiger partial charge in [-0.05, 0) is 38.3 Å². The van der Waals surface area contributed by atoms with Gasteiger partial charge in [-0.25, -0.2) is 0 Å². The molecule has 1 aliphatic heterocycles. The van der Waals surface area contributed by atoms with E-state index in [1.807, 2.05) is 11.3 Å². The molecule has 1 aromatic rings.